The van der Waals surface area contributed by atoms with Gasteiger partial charge in [-0.3, -0.25) is 10.2 Å². The van der Waals surface area contributed by atoms with Crippen molar-refractivity contribution in [3.63, 3.8) is 0 Å². The number of nitrogens with one attached hydrogen (secondary N) is 3. The number of hydrogen-bond donors (Lipinski definition) is 4. The molecular formula is C16H24ClN3O4. The van der Waals surface area contributed by atoms with Gasteiger partial charge in [0.25, 0.3) is 5.91 Å². The maximum atomic E-state index is 12.2. The van der Waals surface area contributed by atoms with Crippen LogP contribution in [0, 0.1) is 5.92 Å². The Morgan fingerprint density at radius 2 is 1.96 bits per heavy atom. The van der Waals surface area contributed by atoms with Crippen LogP contribution >= 0.6 is 11.6 Å². The maximum Gasteiger partial charge on any atom is 0.426 e. The number of amides is 2. The van der Waals surface area contributed by atoms with Crippen LogP contribution in [-0.4, -0.2) is 42.2 Å². The molecule has 0 aliphatic carbocycles. The summed E-state index contributed by atoms with van der Waals surface area (Å²) < 4.78 is 4.93. The molecule has 0 spiro atoms. The number of hydrazine groups is 1. The number of alkyl halides is 1. The van der Waals surface area contributed by atoms with Gasteiger partial charge in [0.2, 0.25) is 0 Å². The van der Waals surface area contributed by atoms with Crippen LogP contribution in [0.25, 0.3) is 0 Å². The first-order valence-corrected chi connectivity index (χ1v) is 8.27. The summed E-state index contributed by atoms with van der Waals surface area (Å²) in [6.45, 7) is 4.54. The average molecular weight is 358 g/mol. The third-order valence-electron chi connectivity index (χ3n) is 3.08. The Hall–Kier alpha value is -1.99. The summed E-state index contributed by atoms with van der Waals surface area (Å²) in [5.41, 5.74) is 5.33. The van der Waals surface area contributed by atoms with Crippen molar-refractivity contribution in [2.24, 2.45) is 5.92 Å². The molecule has 0 saturated carbocycles. The van der Waals surface area contributed by atoms with E-state index in [1.807, 2.05) is 13.8 Å². The van der Waals surface area contributed by atoms with Gasteiger partial charge in [0.05, 0.1) is 24.2 Å². The van der Waals surface area contributed by atoms with Gasteiger partial charge in [0.15, 0.2) is 0 Å². The van der Waals surface area contributed by atoms with Gasteiger partial charge in [-0.15, -0.1) is 11.6 Å². The first-order chi connectivity index (χ1) is 11.4. The Morgan fingerprint density at radius 1 is 1.25 bits per heavy atom. The largest absolute Gasteiger partial charge is 0.448 e. The first-order valence-electron chi connectivity index (χ1n) is 7.74. The summed E-state index contributed by atoms with van der Waals surface area (Å²) in [5, 5.41) is 12.4. The van der Waals surface area contributed by atoms with Crippen LogP contribution in [0.1, 0.15) is 30.6 Å². The maximum absolute atomic E-state index is 12.2. The minimum atomic E-state index is -0.725. The Bertz CT molecular complexity index is 540. The van der Waals surface area contributed by atoms with Crippen LogP contribution in [0.15, 0.2) is 24.3 Å². The summed E-state index contributed by atoms with van der Waals surface area (Å²) in [6.07, 6.45) is -0.694. The van der Waals surface area contributed by atoms with Crippen LogP contribution in [0.3, 0.4) is 0 Å². The third-order valence-corrected chi connectivity index (χ3v) is 3.44. The van der Waals surface area contributed by atoms with E-state index in [0.29, 0.717) is 17.2 Å². The SMILES string of the molecule is CC(C)CCOC(=O)NNC(=O)c1ccccc1NCC(O)CCl. The van der Waals surface area contributed by atoms with Gasteiger partial charge in [0, 0.05) is 12.2 Å². The van der Waals surface area contributed by atoms with Gasteiger partial charge in [-0.25, -0.2) is 10.2 Å². The highest BCUT2D eigenvalue weighted by Gasteiger charge is 2.13. The van der Waals surface area contributed by atoms with Crippen LogP contribution in [0.5, 0.6) is 0 Å². The minimum absolute atomic E-state index is 0.0884. The Balaban J connectivity index is 2.51. The summed E-state index contributed by atoms with van der Waals surface area (Å²) >= 11 is 5.54. The molecule has 0 fully saturated rings. The molecule has 1 aromatic carbocycles. The summed E-state index contributed by atoms with van der Waals surface area (Å²) in [7, 11) is 0. The number of anilines is 1. The molecule has 4 N–H and O–H groups in total. The number of halogens is 1. The van der Waals surface area contributed by atoms with Crippen LogP contribution in [0.4, 0.5) is 10.5 Å². The van der Waals surface area contributed by atoms with Crippen LogP contribution in [-0.2, 0) is 4.74 Å². The van der Waals surface area contributed by atoms with Crippen LogP contribution < -0.4 is 16.2 Å². The number of ether oxygens (including phenoxy) is 1. The fourth-order valence-electron chi connectivity index (χ4n) is 1.72. The van der Waals surface area contributed by atoms with E-state index in [-0.39, 0.29) is 19.0 Å². The molecule has 0 aliphatic rings. The van der Waals surface area contributed by atoms with Crippen molar-refractivity contribution in [1.29, 1.82) is 0 Å². The normalized spacial score (nSPS) is 11.7. The molecule has 134 valence electrons. The van der Waals surface area contributed by atoms with E-state index in [1.165, 1.54) is 0 Å². The summed E-state index contributed by atoms with van der Waals surface area (Å²) in [5.74, 6) is 0.0125. The zero-order chi connectivity index (χ0) is 17.9. The van der Waals surface area contributed by atoms with Crippen molar-refractivity contribution < 1.29 is 19.4 Å². The minimum Gasteiger partial charge on any atom is -0.448 e. The molecule has 0 bridgehead atoms. The number of aliphatic hydroxyl groups excluding tert-OH is 1. The number of carbonyl (C=O) groups is 2. The van der Waals surface area contributed by atoms with E-state index in [0.717, 1.165) is 6.42 Å². The van der Waals surface area contributed by atoms with Gasteiger partial charge in [-0.05, 0) is 24.5 Å². The zero-order valence-electron chi connectivity index (χ0n) is 13.8. The van der Waals surface area contributed by atoms with E-state index in [2.05, 4.69) is 16.2 Å². The fraction of sp³-hybridized carbons (Fsp3) is 0.500. The molecule has 0 saturated heterocycles. The number of benzene rings is 1. The Morgan fingerprint density at radius 3 is 2.62 bits per heavy atom. The second-order valence-electron chi connectivity index (χ2n) is 5.63. The molecule has 1 rings (SSSR count). The second-order valence-corrected chi connectivity index (χ2v) is 5.94. The van der Waals surface area contributed by atoms with Crippen molar-refractivity contribution in [3.05, 3.63) is 29.8 Å². The molecule has 1 aromatic rings. The predicted molar refractivity (Wildman–Crippen MR) is 93.1 cm³/mol. The van der Waals surface area contributed by atoms with E-state index in [9.17, 15) is 14.7 Å². The molecule has 0 radical (unpaired) electrons. The summed E-state index contributed by atoms with van der Waals surface area (Å²) in [4.78, 5) is 23.6. The highest BCUT2D eigenvalue weighted by Crippen LogP contribution is 2.14. The van der Waals surface area contributed by atoms with Crippen molar-refractivity contribution >= 4 is 29.3 Å². The van der Waals surface area contributed by atoms with E-state index >= 15 is 0 Å². The third kappa shape index (κ3) is 7.52. The molecule has 2 amide bonds. The average Bonchev–Trinajstić information content (AvgIpc) is 2.57. The Labute approximate surface area is 146 Å². The molecule has 24 heavy (non-hydrogen) atoms. The van der Waals surface area contributed by atoms with E-state index < -0.39 is 18.1 Å². The number of rotatable bonds is 8. The lowest BCUT2D eigenvalue weighted by Crippen LogP contribution is -2.42. The van der Waals surface area contributed by atoms with Gasteiger partial charge in [-0.2, -0.15) is 0 Å². The van der Waals surface area contributed by atoms with Gasteiger partial charge in [0.1, 0.15) is 0 Å². The predicted octanol–water partition coefficient (Wildman–Crippen LogP) is 2.12. The van der Waals surface area contributed by atoms with Crippen LogP contribution in [0.2, 0.25) is 0 Å². The lowest BCUT2D eigenvalue weighted by Gasteiger charge is -2.14. The highest BCUT2D eigenvalue weighted by atomic mass is 35.5. The number of para-hydroxylation sites is 1. The number of hydrogen-bond acceptors (Lipinski definition) is 5. The lowest BCUT2D eigenvalue weighted by atomic mass is 10.1. The quantitative estimate of drug-likeness (QED) is 0.422. The molecule has 0 aromatic heterocycles. The van der Waals surface area contributed by atoms with Crippen molar-refractivity contribution in [1.82, 2.24) is 10.9 Å². The number of aliphatic hydroxyl groups is 1. The molecule has 1 atom stereocenters. The number of carbonyl (C=O) groups excluding carboxylic acids is 2. The lowest BCUT2D eigenvalue weighted by molar-refractivity contribution is 0.0907. The molecule has 1 unspecified atom stereocenters. The zero-order valence-corrected chi connectivity index (χ0v) is 14.6. The topological polar surface area (TPSA) is 99.7 Å². The molecule has 7 nitrogen and oxygen atoms in total. The first kappa shape index (κ1) is 20.1. The van der Waals surface area contributed by atoms with Gasteiger partial charge >= 0.3 is 6.09 Å². The second kappa shape index (κ2) is 10.7. The van der Waals surface area contributed by atoms with Gasteiger partial charge in [-0.1, -0.05) is 26.0 Å². The summed E-state index contributed by atoms with van der Waals surface area (Å²) in [6, 6.07) is 6.73. The molecular weight excluding hydrogens is 334 g/mol. The Kier molecular flexibility index (Phi) is 8.96. The monoisotopic (exact) mass is 357 g/mol. The van der Waals surface area contributed by atoms with Crippen molar-refractivity contribution in [2.75, 3.05) is 24.3 Å². The van der Waals surface area contributed by atoms with Crippen molar-refractivity contribution in [3.8, 4) is 0 Å². The van der Waals surface area contributed by atoms with Crippen molar-refractivity contribution in [2.45, 2.75) is 26.4 Å². The standard InChI is InChI=1S/C16H24ClN3O4/c1-11(2)7-8-24-16(23)20-19-15(22)13-5-3-4-6-14(13)18-10-12(21)9-17/h3-6,11-12,18,21H,7-10H2,1-2H3,(H,19,22)(H,20,23). The van der Waals surface area contributed by atoms with E-state index in [4.69, 9.17) is 16.3 Å². The smallest absolute Gasteiger partial charge is 0.426 e. The molecule has 0 aliphatic heterocycles. The fourth-order valence-corrected chi connectivity index (χ4v) is 1.83. The molecule has 8 heteroatoms. The highest BCUT2D eigenvalue weighted by molar-refractivity contribution is 6.18. The molecule has 0 heterocycles. The van der Waals surface area contributed by atoms with E-state index in [1.54, 1.807) is 24.3 Å². The van der Waals surface area contributed by atoms with Gasteiger partial charge < -0.3 is 15.2 Å².